The van der Waals surface area contributed by atoms with E-state index in [1.54, 1.807) is 48.1 Å². The summed E-state index contributed by atoms with van der Waals surface area (Å²) in [5.41, 5.74) is 1.55. The van der Waals surface area contributed by atoms with Gasteiger partial charge in [0, 0.05) is 30.1 Å². The molecule has 8 nitrogen and oxygen atoms in total. The molecule has 3 aromatic rings. The summed E-state index contributed by atoms with van der Waals surface area (Å²) in [4.78, 5) is 41.4. The van der Waals surface area contributed by atoms with E-state index in [2.05, 4.69) is 10.6 Å². The third-order valence-corrected chi connectivity index (χ3v) is 8.29. The second-order valence-electron chi connectivity index (χ2n) is 10.1. The Morgan fingerprint density at radius 1 is 1.08 bits per heavy atom. The molecule has 3 N–H and O–H groups in total. The summed E-state index contributed by atoms with van der Waals surface area (Å²) in [6.45, 7) is 3.67. The van der Waals surface area contributed by atoms with Gasteiger partial charge >= 0.3 is 0 Å². The van der Waals surface area contributed by atoms with Crippen molar-refractivity contribution >= 4 is 29.5 Å². The van der Waals surface area contributed by atoms with Crippen LogP contribution in [0.4, 0.5) is 4.39 Å². The van der Waals surface area contributed by atoms with Crippen molar-refractivity contribution in [3.8, 4) is 0 Å². The molecule has 3 unspecified atom stereocenters. The molecular formula is C29H33FN4O4S. The molecule has 39 heavy (non-hydrogen) atoms. The number of carbonyl (C=O) groups excluding carboxylic acids is 3. The number of benzene rings is 2. The van der Waals surface area contributed by atoms with E-state index in [-0.39, 0.29) is 18.8 Å². The number of hydrogen-bond acceptors (Lipinski definition) is 5. The second-order valence-corrected chi connectivity index (χ2v) is 11.7. The molecule has 0 aliphatic carbocycles. The van der Waals surface area contributed by atoms with Crippen LogP contribution >= 0.6 is 11.8 Å². The molecule has 2 aromatic carbocycles. The average molecular weight is 553 g/mol. The summed E-state index contributed by atoms with van der Waals surface area (Å²) in [5, 5.41) is 16.9. The summed E-state index contributed by atoms with van der Waals surface area (Å²) < 4.78 is 15.1. The highest BCUT2D eigenvalue weighted by molar-refractivity contribution is 8.00. The van der Waals surface area contributed by atoms with Gasteiger partial charge in [-0.1, -0.05) is 48.5 Å². The predicted molar refractivity (Wildman–Crippen MR) is 148 cm³/mol. The fourth-order valence-electron chi connectivity index (χ4n) is 4.72. The lowest BCUT2D eigenvalue weighted by atomic mass is 9.97. The van der Waals surface area contributed by atoms with Crippen molar-refractivity contribution in [1.82, 2.24) is 20.1 Å². The fraction of sp³-hybridized carbons (Fsp3) is 0.345. The first-order chi connectivity index (χ1) is 18.6. The standard InChI is InChI=1S/C29H33FN4O4S/c1-29(2)25(27(37)31-17-20-12-7-8-13-21(20)30)34(18-39-29)28(38)24(35)22(16-19-10-5-4-6-11-19)32-26(36)23-14-9-15-33(23)3/h4-15,22,24-25,35H,16-18H2,1-3H3,(H,31,37)(H,32,36). The van der Waals surface area contributed by atoms with Crippen molar-refractivity contribution < 1.29 is 23.9 Å². The first-order valence-corrected chi connectivity index (χ1v) is 13.7. The van der Waals surface area contributed by atoms with Crippen LogP contribution in [0.3, 0.4) is 0 Å². The summed E-state index contributed by atoms with van der Waals surface area (Å²) in [6.07, 6.45) is 0.334. The molecule has 10 heteroatoms. The molecule has 0 radical (unpaired) electrons. The van der Waals surface area contributed by atoms with Gasteiger partial charge in [0.15, 0.2) is 6.10 Å². The van der Waals surface area contributed by atoms with Crippen molar-refractivity contribution in [1.29, 1.82) is 0 Å². The normalized spacial score (nSPS) is 17.9. The van der Waals surface area contributed by atoms with Gasteiger partial charge in [-0.15, -0.1) is 11.8 Å². The highest BCUT2D eigenvalue weighted by Crippen LogP contribution is 2.40. The van der Waals surface area contributed by atoms with Crippen LogP contribution in [-0.2, 0) is 29.6 Å². The van der Waals surface area contributed by atoms with Gasteiger partial charge in [-0.3, -0.25) is 14.4 Å². The number of carbonyl (C=O) groups is 3. The number of aliphatic hydroxyl groups excluding tert-OH is 1. The SMILES string of the molecule is Cn1cccc1C(=O)NC(Cc1ccccc1)C(O)C(=O)N1CSC(C)(C)C1C(=O)NCc1ccccc1F. The van der Waals surface area contributed by atoms with E-state index in [0.29, 0.717) is 11.3 Å². The van der Waals surface area contributed by atoms with E-state index in [9.17, 15) is 23.9 Å². The summed E-state index contributed by atoms with van der Waals surface area (Å²) in [6, 6.07) is 16.9. The minimum atomic E-state index is -1.61. The Bertz CT molecular complexity index is 1330. The molecular weight excluding hydrogens is 519 g/mol. The summed E-state index contributed by atoms with van der Waals surface area (Å²) in [5.74, 6) is -1.78. The van der Waals surface area contributed by atoms with E-state index in [4.69, 9.17) is 0 Å². The van der Waals surface area contributed by atoms with Crippen LogP contribution in [0.15, 0.2) is 72.9 Å². The maximum Gasteiger partial charge on any atom is 0.268 e. The molecule has 3 atom stereocenters. The lowest BCUT2D eigenvalue weighted by Crippen LogP contribution is -2.58. The Morgan fingerprint density at radius 2 is 1.77 bits per heavy atom. The summed E-state index contributed by atoms with van der Waals surface area (Å²) >= 11 is 1.41. The van der Waals surface area contributed by atoms with Crippen LogP contribution in [0.1, 0.15) is 35.5 Å². The Kier molecular flexibility index (Phi) is 8.76. The number of rotatable bonds is 9. The van der Waals surface area contributed by atoms with E-state index >= 15 is 0 Å². The number of aryl methyl sites for hydroxylation is 1. The third-order valence-electron chi connectivity index (χ3n) is 6.91. The van der Waals surface area contributed by atoms with Gasteiger partial charge in [-0.25, -0.2) is 4.39 Å². The van der Waals surface area contributed by atoms with Crippen molar-refractivity contribution in [3.63, 3.8) is 0 Å². The lowest BCUT2D eigenvalue weighted by Gasteiger charge is -2.33. The molecule has 4 rings (SSSR count). The van der Waals surface area contributed by atoms with E-state index in [0.717, 1.165) is 5.56 Å². The number of amides is 3. The van der Waals surface area contributed by atoms with Crippen LogP contribution < -0.4 is 10.6 Å². The molecule has 0 saturated carbocycles. The zero-order valence-electron chi connectivity index (χ0n) is 22.1. The van der Waals surface area contributed by atoms with Crippen molar-refractivity contribution in [2.45, 2.75) is 49.7 Å². The monoisotopic (exact) mass is 552 g/mol. The maximum atomic E-state index is 14.1. The van der Waals surface area contributed by atoms with Crippen molar-refractivity contribution in [3.05, 3.63) is 95.6 Å². The van der Waals surface area contributed by atoms with Crippen LogP contribution in [0, 0.1) is 5.82 Å². The number of aliphatic hydroxyl groups is 1. The zero-order chi connectivity index (χ0) is 28.2. The van der Waals surface area contributed by atoms with E-state index < -0.39 is 46.5 Å². The first-order valence-electron chi connectivity index (χ1n) is 12.7. The Labute approximate surface area is 231 Å². The fourth-order valence-corrected chi connectivity index (χ4v) is 5.86. The molecule has 0 bridgehead atoms. The molecule has 2 heterocycles. The first kappa shape index (κ1) is 28.4. The van der Waals surface area contributed by atoms with Gasteiger partial charge < -0.3 is 25.2 Å². The van der Waals surface area contributed by atoms with Crippen molar-refractivity contribution in [2.75, 3.05) is 5.88 Å². The topological polar surface area (TPSA) is 104 Å². The minimum absolute atomic E-state index is 0.0311. The minimum Gasteiger partial charge on any atom is -0.381 e. The smallest absolute Gasteiger partial charge is 0.268 e. The molecule has 1 aromatic heterocycles. The predicted octanol–water partition coefficient (Wildman–Crippen LogP) is 2.86. The number of aromatic nitrogens is 1. The highest BCUT2D eigenvalue weighted by atomic mass is 32.2. The van der Waals surface area contributed by atoms with Gasteiger partial charge in [0.05, 0.1) is 11.9 Å². The molecule has 1 aliphatic rings. The average Bonchev–Trinajstić information content (AvgIpc) is 3.49. The lowest BCUT2D eigenvalue weighted by molar-refractivity contribution is -0.147. The molecule has 1 aliphatic heterocycles. The van der Waals surface area contributed by atoms with Crippen LogP contribution in [0.25, 0.3) is 0 Å². The number of thioether (sulfide) groups is 1. The molecule has 0 spiro atoms. The molecule has 1 saturated heterocycles. The van der Waals surface area contributed by atoms with Gasteiger partial charge in [0.1, 0.15) is 17.6 Å². The van der Waals surface area contributed by atoms with E-state index in [1.807, 2.05) is 44.2 Å². The molecule has 1 fully saturated rings. The Morgan fingerprint density at radius 3 is 2.44 bits per heavy atom. The highest BCUT2D eigenvalue weighted by Gasteiger charge is 2.49. The van der Waals surface area contributed by atoms with Gasteiger partial charge in [0.25, 0.3) is 11.8 Å². The van der Waals surface area contributed by atoms with Crippen LogP contribution in [0.2, 0.25) is 0 Å². The number of halogens is 1. The zero-order valence-corrected chi connectivity index (χ0v) is 23.0. The number of hydrogen-bond donors (Lipinski definition) is 3. The van der Waals surface area contributed by atoms with E-state index in [1.165, 1.54) is 22.7 Å². The quantitative estimate of drug-likeness (QED) is 0.379. The van der Waals surface area contributed by atoms with Gasteiger partial charge in [0.2, 0.25) is 5.91 Å². The summed E-state index contributed by atoms with van der Waals surface area (Å²) in [7, 11) is 1.73. The third kappa shape index (κ3) is 6.51. The number of nitrogens with zero attached hydrogens (tertiary/aromatic N) is 2. The number of nitrogens with one attached hydrogen (secondary N) is 2. The Balaban J connectivity index is 1.54. The van der Waals surface area contributed by atoms with Crippen LogP contribution in [0.5, 0.6) is 0 Å². The largest absolute Gasteiger partial charge is 0.381 e. The molecule has 206 valence electrons. The second kappa shape index (κ2) is 12.0. The van der Waals surface area contributed by atoms with Crippen LogP contribution in [-0.4, -0.2) is 61.1 Å². The molecule has 3 amide bonds. The maximum absolute atomic E-state index is 14.1. The van der Waals surface area contributed by atoms with Gasteiger partial charge in [-0.2, -0.15) is 0 Å². The van der Waals surface area contributed by atoms with Gasteiger partial charge in [-0.05, 0) is 44.0 Å². The Hall–Kier alpha value is -3.63. The van der Waals surface area contributed by atoms with Crippen molar-refractivity contribution in [2.24, 2.45) is 7.05 Å².